The molecule has 0 aromatic heterocycles. The van der Waals surface area contributed by atoms with Gasteiger partial charge in [-0.3, -0.25) is 9.59 Å². The molecule has 0 spiro atoms. The van der Waals surface area contributed by atoms with Crippen molar-refractivity contribution in [3.63, 3.8) is 0 Å². The first kappa shape index (κ1) is 14.9. The molecule has 1 aromatic carbocycles. The fraction of sp³-hybridized carbons (Fsp3) is 0.385. The van der Waals surface area contributed by atoms with Gasteiger partial charge in [-0.1, -0.05) is 6.92 Å². The number of carbonyl (C=O) groups excluding carboxylic acids is 1. The van der Waals surface area contributed by atoms with Crippen molar-refractivity contribution < 1.29 is 23.8 Å². The molecule has 2 N–H and O–H groups in total. The summed E-state index contributed by atoms with van der Waals surface area (Å²) in [6, 6.07) is 5.48. The molecule has 1 aromatic rings. The SMILES string of the molecule is CC(CNC(=O)CCOc1ccc(F)cc1)C(=O)O. The van der Waals surface area contributed by atoms with E-state index in [0.717, 1.165) is 0 Å². The third kappa shape index (κ3) is 5.85. The van der Waals surface area contributed by atoms with Crippen molar-refractivity contribution in [2.24, 2.45) is 5.92 Å². The number of hydrogen-bond acceptors (Lipinski definition) is 3. The number of hydrogen-bond donors (Lipinski definition) is 2. The van der Waals surface area contributed by atoms with E-state index in [2.05, 4.69) is 5.32 Å². The summed E-state index contributed by atoms with van der Waals surface area (Å²) in [4.78, 5) is 21.9. The Morgan fingerprint density at radius 3 is 2.58 bits per heavy atom. The molecule has 0 bridgehead atoms. The molecule has 1 atom stereocenters. The summed E-state index contributed by atoms with van der Waals surface area (Å²) in [5.41, 5.74) is 0. The fourth-order valence-corrected chi connectivity index (χ4v) is 1.24. The van der Waals surface area contributed by atoms with E-state index >= 15 is 0 Å². The normalized spacial score (nSPS) is 11.7. The predicted octanol–water partition coefficient (Wildman–Crippen LogP) is 1.43. The largest absolute Gasteiger partial charge is 0.493 e. The number of rotatable bonds is 7. The monoisotopic (exact) mass is 269 g/mol. The van der Waals surface area contributed by atoms with Gasteiger partial charge in [0.15, 0.2) is 0 Å². The number of carboxylic acids is 1. The van der Waals surface area contributed by atoms with Crippen LogP contribution in [0.3, 0.4) is 0 Å². The molecule has 0 fully saturated rings. The van der Waals surface area contributed by atoms with Crippen molar-refractivity contribution in [1.29, 1.82) is 0 Å². The molecule has 1 unspecified atom stereocenters. The van der Waals surface area contributed by atoms with Crippen LogP contribution in [0.4, 0.5) is 4.39 Å². The molecule has 1 amide bonds. The zero-order valence-electron chi connectivity index (χ0n) is 10.6. The van der Waals surface area contributed by atoms with Crippen molar-refractivity contribution in [3.05, 3.63) is 30.1 Å². The van der Waals surface area contributed by atoms with Gasteiger partial charge in [0.05, 0.1) is 18.9 Å². The van der Waals surface area contributed by atoms with Crippen molar-refractivity contribution >= 4 is 11.9 Å². The van der Waals surface area contributed by atoms with Gasteiger partial charge in [0, 0.05) is 6.54 Å². The van der Waals surface area contributed by atoms with Gasteiger partial charge in [-0.2, -0.15) is 0 Å². The minimum atomic E-state index is -0.956. The highest BCUT2D eigenvalue weighted by Gasteiger charge is 2.11. The Morgan fingerprint density at radius 1 is 1.37 bits per heavy atom. The van der Waals surface area contributed by atoms with Crippen molar-refractivity contribution in [2.45, 2.75) is 13.3 Å². The Kier molecular flexibility index (Phi) is 5.78. The van der Waals surface area contributed by atoms with Crippen LogP contribution in [0.15, 0.2) is 24.3 Å². The molecule has 19 heavy (non-hydrogen) atoms. The summed E-state index contributed by atoms with van der Waals surface area (Å²) in [6.07, 6.45) is 0.115. The van der Waals surface area contributed by atoms with E-state index in [-0.39, 0.29) is 31.3 Å². The van der Waals surface area contributed by atoms with Crippen LogP contribution in [0, 0.1) is 11.7 Å². The third-order valence-corrected chi connectivity index (χ3v) is 2.44. The van der Waals surface area contributed by atoms with Gasteiger partial charge in [-0.25, -0.2) is 4.39 Å². The van der Waals surface area contributed by atoms with E-state index in [4.69, 9.17) is 9.84 Å². The average Bonchev–Trinajstić information content (AvgIpc) is 2.38. The van der Waals surface area contributed by atoms with Gasteiger partial charge in [-0.15, -0.1) is 0 Å². The molecule has 0 saturated carbocycles. The maximum Gasteiger partial charge on any atom is 0.308 e. The number of benzene rings is 1. The number of carbonyl (C=O) groups is 2. The number of carboxylic acid groups (broad SMARTS) is 1. The minimum Gasteiger partial charge on any atom is -0.493 e. The van der Waals surface area contributed by atoms with Gasteiger partial charge in [-0.05, 0) is 24.3 Å². The lowest BCUT2D eigenvalue weighted by Crippen LogP contribution is -2.32. The first-order valence-corrected chi connectivity index (χ1v) is 5.87. The van der Waals surface area contributed by atoms with Crippen molar-refractivity contribution in [2.75, 3.05) is 13.2 Å². The second kappa shape index (κ2) is 7.35. The Morgan fingerprint density at radius 2 is 2.00 bits per heavy atom. The number of nitrogens with one attached hydrogen (secondary N) is 1. The van der Waals surface area contributed by atoms with Crippen LogP contribution in [0.2, 0.25) is 0 Å². The quantitative estimate of drug-likeness (QED) is 0.785. The van der Waals surface area contributed by atoms with Crippen LogP contribution in [0.5, 0.6) is 5.75 Å². The van der Waals surface area contributed by atoms with E-state index in [9.17, 15) is 14.0 Å². The molecule has 0 aliphatic heterocycles. The summed E-state index contributed by atoms with van der Waals surface area (Å²) >= 11 is 0. The van der Waals surface area contributed by atoms with Crippen LogP contribution in [0.1, 0.15) is 13.3 Å². The number of halogens is 1. The van der Waals surface area contributed by atoms with Gasteiger partial charge < -0.3 is 15.2 Å². The zero-order valence-corrected chi connectivity index (χ0v) is 10.6. The highest BCUT2D eigenvalue weighted by molar-refractivity contribution is 5.77. The highest BCUT2D eigenvalue weighted by atomic mass is 19.1. The Labute approximate surface area is 110 Å². The lowest BCUT2D eigenvalue weighted by molar-refractivity contribution is -0.141. The molecule has 0 saturated heterocycles. The number of amides is 1. The third-order valence-electron chi connectivity index (χ3n) is 2.44. The molecule has 0 aliphatic carbocycles. The molecule has 5 nitrogen and oxygen atoms in total. The minimum absolute atomic E-state index is 0.0880. The first-order valence-electron chi connectivity index (χ1n) is 5.87. The van der Waals surface area contributed by atoms with E-state index in [1.807, 2.05) is 0 Å². The molecule has 0 heterocycles. The van der Waals surface area contributed by atoms with Gasteiger partial charge >= 0.3 is 5.97 Å². The van der Waals surface area contributed by atoms with Gasteiger partial charge in [0.25, 0.3) is 0 Å². The van der Waals surface area contributed by atoms with E-state index in [1.54, 1.807) is 0 Å². The van der Waals surface area contributed by atoms with Crippen LogP contribution in [-0.4, -0.2) is 30.1 Å². The van der Waals surface area contributed by atoms with Crippen LogP contribution in [0.25, 0.3) is 0 Å². The average molecular weight is 269 g/mol. The van der Waals surface area contributed by atoms with Crippen LogP contribution in [-0.2, 0) is 9.59 Å². The van der Waals surface area contributed by atoms with E-state index in [1.165, 1.54) is 31.2 Å². The maximum atomic E-state index is 12.6. The molecule has 6 heteroatoms. The fourth-order valence-electron chi connectivity index (χ4n) is 1.24. The molecule has 0 aliphatic rings. The maximum absolute atomic E-state index is 12.6. The second-order valence-corrected chi connectivity index (χ2v) is 4.10. The zero-order chi connectivity index (χ0) is 14.3. The van der Waals surface area contributed by atoms with Crippen LogP contribution < -0.4 is 10.1 Å². The standard InChI is InChI=1S/C13H16FNO4/c1-9(13(17)18)8-15-12(16)6-7-19-11-4-2-10(14)3-5-11/h2-5,9H,6-8H2,1H3,(H,15,16)(H,17,18). The Hall–Kier alpha value is -2.11. The van der Waals surface area contributed by atoms with E-state index in [0.29, 0.717) is 5.75 Å². The van der Waals surface area contributed by atoms with Crippen LogP contribution >= 0.6 is 0 Å². The lowest BCUT2D eigenvalue weighted by Gasteiger charge is -2.09. The Bertz CT molecular complexity index is 433. The molecular weight excluding hydrogens is 253 g/mol. The summed E-state index contributed by atoms with van der Waals surface area (Å²) in [5, 5.41) is 11.1. The molecule has 1 rings (SSSR count). The summed E-state index contributed by atoms with van der Waals surface area (Å²) < 4.78 is 17.9. The number of aliphatic carboxylic acids is 1. The highest BCUT2D eigenvalue weighted by Crippen LogP contribution is 2.11. The number of ether oxygens (including phenoxy) is 1. The molecule has 104 valence electrons. The smallest absolute Gasteiger partial charge is 0.308 e. The van der Waals surface area contributed by atoms with Gasteiger partial charge in [0.1, 0.15) is 11.6 Å². The topological polar surface area (TPSA) is 75.6 Å². The Balaban J connectivity index is 2.20. The van der Waals surface area contributed by atoms with E-state index < -0.39 is 11.9 Å². The lowest BCUT2D eigenvalue weighted by atomic mass is 10.2. The van der Waals surface area contributed by atoms with Gasteiger partial charge in [0.2, 0.25) is 5.91 Å². The predicted molar refractivity (Wildman–Crippen MR) is 66.3 cm³/mol. The van der Waals surface area contributed by atoms with Crippen molar-refractivity contribution in [3.8, 4) is 5.75 Å². The second-order valence-electron chi connectivity index (χ2n) is 4.10. The van der Waals surface area contributed by atoms with Crippen molar-refractivity contribution in [1.82, 2.24) is 5.32 Å². The first-order chi connectivity index (χ1) is 8.99. The molecular formula is C13H16FNO4. The summed E-state index contributed by atoms with van der Waals surface area (Å²) in [7, 11) is 0. The molecule has 0 radical (unpaired) electrons. The summed E-state index contributed by atoms with van der Waals surface area (Å²) in [5.74, 6) is -1.74. The summed E-state index contributed by atoms with van der Waals surface area (Å²) in [6.45, 7) is 1.75.